The Hall–Kier alpha value is -4.04. The van der Waals surface area contributed by atoms with Gasteiger partial charge in [0.05, 0.1) is 30.8 Å². The summed E-state index contributed by atoms with van der Waals surface area (Å²) in [6.07, 6.45) is -7.37. The van der Waals surface area contributed by atoms with Crippen molar-refractivity contribution in [3.8, 4) is 0 Å². The van der Waals surface area contributed by atoms with Crippen molar-refractivity contribution in [1.29, 1.82) is 0 Å². The summed E-state index contributed by atoms with van der Waals surface area (Å²) in [6.45, 7) is 8.41. The first-order valence-electron chi connectivity index (χ1n) is 15.7. The number of hydrogen-bond acceptors (Lipinski definition) is 7. The topological polar surface area (TPSA) is 79.6 Å². The number of rotatable bonds is 7. The average molecular weight is 668 g/mol. The SMILES string of the molecule is CCOC(=O)N1CCC(CN2CCCC(N(Cc3cc(C(F)(F)F)cc(C(F)(F)F)c3)c3nnn(C)n3)c3cc(C)cc(C)c32)CC1. The van der Waals surface area contributed by atoms with Gasteiger partial charge >= 0.3 is 18.4 Å². The predicted octanol–water partition coefficient (Wildman–Crippen LogP) is 7.08. The zero-order valence-electron chi connectivity index (χ0n) is 26.8. The number of alkyl halides is 6. The highest BCUT2D eigenvalue weighted by Crippen LogP contribution is 2.43. The predicted molar refractivity (Wildman–Crippen MR) is 163 cm³/mol. The number of likely N-dealkylation sites (tertiary alicyclic amines) is 1. The van der Waals surface area contributed by atoms with Crippen LogP contribution in [0, 0.1) is 19.8 Å². The first-order valence-corrected chi connectivity index (χ1v) is 15.7. The Balaban J connectivity index is 1.51. The van der Waals surface area contributed by atoms with Crippen molar-refractivity contribution in [2.24, 2.45) is 13.0 Å². The molecule has 0 spiro atoms. The van der Waals surface area contributed by atoms with Gasteiger partial charge in [0, 0.05) is 38.4 Å². The Morgan fingerprint density at radius 2 is 1.62 bits per heavy atom. The Labute approximate surface area is 269 Å². The van der Waals surface area contributed by atoms with Crippen molar-refractivity contribution >= 4 is 17.7 Å². The number of anilines is 2. The summed E-state index contributed by atoms with van der Waals surface area (Å²) in [7, 11) is 1.55. The van der Waals surface area contributed by atoms with E-state index in [0.717, 1.165) is 53.9 Å². The maximum absolute atomic E-state index is 13.8. The number of hydrogen-bond donors (Lipinski definition) is 0. The van der Waals surface area contributed by atoms with E-state index < -0.39 is 29.5 Å². The van der Waals surface area contributed by atoms with Gasteiger partial charge in [-0.1, -0.05) is 22.8 Å². The van der Waals surface area contributed by atoms with E-state index in [4.69, 9.17) is 4.74 Å². The van der Waals surface area contributed by atoms with Crippen molar-refractivity contribution in [1.82, 2.24) is 25.1 Å². The fourth-order valence-electron chi connectivity index (χ4n) is 6.77. The summed E-state index contributed by atoms with van der Waals surface area (Å²) in [5.41, 5.74) is 0.965. The molecule has 9 nitrogen and oxygen atoms in total. The van der Waals surface area contributed by atoms with Crippen molar-refractivity contribution in [3.05, 3.63) is 63.7 Å². The van der Waals surface area contributed by atoms with Crippen LogP contribution in [0.1, 0.15) is 72.0 Å². The van der Waals surface area contributed by atoms with E-state index in [-0.39, 0.29) is 30.2 Å². The number of fused-ring (bicyclic) bond motifs is 1. The molecule has 0 aliphatic carbocycles. The molecule has 1 aromatic heterocycles. The normalized spacial score (nSPS) is 17.8. The molecule has 0 radical (unpaired) electrons. The van der Waals surface area contributed by atoms with Gasteiger partial charge in [0.1, 0.15) is 0 Å². The van der Waals surface area contributed by atoms with Gasteiger partial charge in [-0.25, -0.2) is 4.79 Å². The summed E-state index contributed by atoms with van der Waals surface area (Å²) in [5.74, 6) is 0.419. The number of tetrazole rings is 1. The molecule has 1 fully saturated rings. The molecule has 3 heterocycles. The van der Waals surface area contributed by atoms with Crippen LogP contribution in [0.15, 0.2) is 30.3 Å². The summed E-state index contributed by atoms with van der Waals surface area (Å²) in [6, 6.07) is 5.29. The highest BCUT2D eigenvalue weighted by atomic mass is 19.4. The molecule has 15 heteroatoms. The van der Waals surface area contributed by atoms with Crippen LogP contribution in [0.25, 0.3) is 0 Å². The molecule has 256 valence electrons. The van der Waals surface area contributed by atoms with Gasteiger partial charge < -0.3 is 19.4 Å². The number of amides is 1. The monoisotopic (exact) mass is 667 g/mol. The van der Waals surface area contributed by atoms with Gasteiger partial charge in [0.25, 0.3) is 5.95 Å². The lowest BCUT2D eigenvalue weighted by Gasteiger charge is -2.37. The van der Waals surface area contributed by atoms with Crippen LogP contribution in [0.4, 0.5) is 42.8 Å². The van der Waals surface area contributed by atoms with Crippen molar-refractivity contribution in [2.45, 2.75) is 71.4 Å². The third-order valence-corrected chi connectivity index (χ3v) is 8.81. The largest absolute Gasteiger partial charge is 0.450 e. The van der Waals surface area contributed by atoms with Gasteiger partial charge in [-0.15, -0.1) is 5.10 Å². The Bertz CT molecular complexity index is 1530. The Kier molecular flexibility index (Phi) is 9.92. The second kappa shape index (κ2) is 13.6. The second-order valence-electron chi connectivity index (χ2n) is 12.4. The maximum atomic E-state index is 13.8. The minimum absolute atomic E-state index is 0.105. The molecule has 1 saturated heterocycles. The van der Waals surface area contributed by atoms with Gasteiger partial charge in [0.2, 0.25) is 0 Å². The highest BCUT2D eigenvalue weighted by molar-refractivity contribution is 5.67. The number of halogens is 6. The fraction of sp³-hybridized carbons (Fsp3) is 0.562. The molecule has 2 aliphatic rings. The van der Waals surface area contributed by atoms with Crippen LogP contribution in [0.5, 0.6) is 0 Å². The van der Waals surface area contributed by atoms with Gasteiger partial charge in [-0.2, -0.15) is 31.1 Å². The summed E-state index contributed by atoms with van der Waals surface area (Å²) >= 11 is 0. The van der Waals surface area contributed by atoms with E-state index in [1.807, 2.05) is 19.9 Å². The smallest absolute Gasteiger partial charge is 0.416 e. The minimum Gasteiger partial charge on any atom is -0.450 e. The zero-order chi connectivity index (χ0) is 34.1. The average Bonchev–Trinajstić information content (AvgIpc) is 3.34. The van der Waals surface area contributed by atoms with E-state index in [9.17, 15) is 31.1 Å². The highest BCUT2D eigenvalue weighted by Gasteiger charge is 2.38. The first kappa shape index (κ1) is 34.3. The number of ether oxygens (including phenoxy) is 1. The third-order valence-electron chi connectivity index (χ3n) is 8.81. The molecule has 3 aromatic rings. The standard InChI is InChI=1S/C32H39F6N7O2/c1-5-47-30(46)43-11-8-22(9-12-43)18-44-10-6-7-27(26-14-20(2)13-21(3)28(26)44)45(29-39-41-42(4)40-29)19-23-15-24(31(33,34)35)17-25(16-23)32(36,37)38/h13-17,22,27H,5-12,18-19H2,1-4H3. The van der Waals surface area contributed by atoms with E-state index in [1.165, 1.54) is 4.80 Å². The Morgan fingerprint density at radius 3 is 2.19 bits per heavy atom. The lowest BCUT2D eigenvalue weighted by Crippen LogP contribution is -2.42. The van der Waals surface area contributed by atoms with Crippen LogP contribution in [-0.2, 0) is 30.7 Å². The molecular formula is C32H39F6N7O2. The number of aryl methyl sites for hydroxylation is 3. The van der Waals surface area contributed by atoms with E-state index in [1.54, 1.807) is 23.8 Å². The second-order valence-corrected chi connectivity index (χ2v) is 12.4. The van der Waals surface area contributed by atoms with Crippen LogP contribution >= 0.6 is 0 Å². The fourth-order valence-corrected chi connectivity index (χ4v) is 6.77. The summed E-state index contributed by atoms with van der Waals surface area (Å²) < 4.78 is 87.8. The lowest BCUT2D eigenvalue weighted by molar-refractivity contribution is -0.143. The molecule has 0 N–H and O–H groups in total. The molecule has 2 aliphatic heterocycles. The quantitative estimate of drug-likeness (QED) is 0.249. The molecule has 5 rings (SSSR count). The molecule has 0 saturated carbocycles. The number of benzene rings is 2. The lowest BCUT2D eigenvalue weighted by atomic mass is 9.93. The number of piperidine rings is 1. The third kappa shape index (κ3) is 7.92. The molecule has 2 aromatic carbocycles. The van der Waals surface area contributed by atoms with Gasteiger partial charge in [0.15, 0.2) is 0 Å². The number of aromatic nitrogens is 4. The summed E-state index contributed by atoms with van der Waals surface area (Å²) in [4.78, 5) is 19.2. The molecule has 1 atom stereocenters. The molecule has 47 heavy (non-hydrogen) atoms. The number of carbonyl (C=O) groups is 1. The maximum Gasteiger partial charge on any atom is 0.416 e. The van der Waals surface area contributed by atoms with Crippen LogP contribution in [0.2, 0.25) is 0 Å². The van der Waals surface area contributed by atoms with Gasteiger partial charge in [-0.3, -0.25) is 0 Å². The van der Waals surface area contributed by atoms with Crippen molar-refractivity contribution in [2.75, 3.05) is 42.6 Å². The molecule has 1 amide bonds. The van der Waals surface area contributed by atoms with Crippen molar-refractivity contribution in [3.63, 3.8) is 0 Å². The van der Waals surface area contributed by atoms with E-state index in [0.29, 0.717) is 45.0 Å². The van der Waals surface area contributed by atoms with Crippen LogP contribution < -0.4 is 9.80 Å². The zero-order valence-corrected chi connectivity index (χ0v) is 26.8. The number of carbonyl (C=O) groups excluding carboxylic acids is 1. The van der Waals surface area contributed by atoms with E-state index >= 15 is 0 Å². The summed E-state index contributed by atoms with van der Waals surface area (Å²) in [5, 5.41) is 12.4. The van der Waals surface area contributed by atoms with Crippen LogP contribution in [0.3, 0.4) is 0 Å². The number of nitrogens with zero attached hydrogens (tertiary/aromatic N) is 7. The minimum atomic E-state index is -4.97. The van der Waals surface area contributed by atoms with Gasteiger partial charge in [-0.05, 0) is 92.5 Å². The molecule has 1 unspecified atom stereocenters. The van der Waals surface area contributed by atoms with Crippen LogP contribution in [-0.4, -0.2) is 64.0 Å². The van der Waals surface area contributed by atoms with E-state index in [2.05, 4.69) is 26.4 Å². The molecular weight excluding hydrogens is 628 g/mol. The van der Waals surface area contributed by atoms with Crippen molar-refractivity contribution < 1.29 is 35.9 Å². The molecule has 0 bridgehead atoms. The Morgan fingerprint density at radius 1 is 0.957 bits per heavy atom. The first-order chi connectivity index (χ1) is 22.1.